The summed E-state index contributed by atoms with van der Waals surface area (Å²) in [5, 5.41) is 9.85. The Balaban J connectivity index is 2.06. The van der Waals surface area contributed by atoms with Crippen LogP contribution in [0.25, 0.3) is 0 Å². The molecule has 4 amide bonds. The average Bonchev–Trinajstić information content (AvgIpc) is 3.17. The summed E-state index contributed by atoms with van der Waals surface area (Å²) in [6, 6.07) is 8.49. The lowest BCUT2D eigenvalue weighted by Gasteiger charge is -2.45. The highest BCUT2D eigenvalue weighted by Gasteiger charge is 2.57. The molecule has 2 saturated heterocycles. The van der Waals surface area contributed by atoms with Crippen LogP contribution >= 0.6 is 0 Å². The van der Waals surface area contributed by atoms with Gasteiger partial charge in [0.15, 0.2) is 5.79 Å². The van der Waals surface area contributed by atoms with Crippen molar-refractivity contribution < 1.29 is 29.1 Å². The lowest BCUT2D eigenvalue weighted by molar-refractivity contribution is -0.171. The van der Waals surface area contributed by atoms with Crippen LogP contribution in [0.1, 0.15) is 37.7 Å². The molecule has 0 aromatic heterocycles. The normalized spacial score (nSPS) is 19.8. The quantitative estimate of drug-likeness (QED) is 0.504. The van der Waals surface area contributed by atoms with E-state index in [0.717, 1.165) is 0 Å². The Morgan fingerprint density at radius 3 is 1.66 bits per heavy atom. The van der Waals surface area contributed by atoms with E-state index in [2.05, 4.69) is 0 Å². The minimum Gasteiger partial charge on any atom is -0.480 e. The van der Waals surface area contributed by atoms with Gasteiger partial charge in [-0.3, -0.25) is 29.7 Å². The van der Waals surface area contributed by atoms with Gasteiger partial charge in [-0.15, -0.1) is 0 Å². The Morgan fingerprint density at radius 2 is 1.28 bits per heavy atom. The van der Waals surface area contributed by atoms with E-state index in [9.17, 15) is 29.1 Å². The number of carboxylic acid groups (broad SMARTS) is 1. The number of nitrogens with zero attached hydrogens (tertiary/aromatic N) is 2. The predicted octanol–water partition coefficient (Wildman–Crippen LogP) is -0.688. The van der Waals surface area contributed by atoms with Crippen molar-refractivity contribution in [1.29, 1.82) is 0 Å². The van der Waals surface area contributed by atoms with E-state index in [1.807, 2.05) is 0 Å². The second-order valence-corrected chi connectivity index (χ2v) is 7.42. The third kappa shape index (κ3) is 3.64. The third-order valence-corrected chi connectivity index (χ3v) is 5.24. The fraction of sp³-hybridized carbons (Fsp3) is 0.421. The number of carbonyl (C=O) groups excluding carboxylic acids is 4. The number of benzene rings is 1. The van der Waals surface area contributed by atoms with E-state index in [1.165, 1.54) is 0 Å². The van der Waals surface area contributed by atoms with Crippen molar-refractivity contribution in [3.63, 3.8) is 0 Å². The molecule has 0 spiro atoms. The van der Waals surface area contributed by atoms with Gasteiger partial charge in [-0.1, -0.05) is 30.3 Å². The lowest BCUT2D eigenvalue weighted by Crippen LogP contribution is -2.73. The number of hydrogen-bond donors (Lipinski definition) is 3. The molecule has 3 rings (SSSR count). The minimum atomic E-state index is -2.29. The summed E-state index contributed by atoms with van der Waals surface area (Å²) in [5.41, 5.74) is 11.1. The van der Waals surface area contributed by atoms with E-state index < -0.39 is 47.3 Å². The van der Waals surface area contributed by atoms with Crippen LogP contribution in [-0.2, 0) is 30.4 Å². The molecule has 10 heteroatoms. The molecule has 2 heterocycles. The minimum absolute atomic E-state index is 0.142. The Bertz CT molecular complexity index is 818. The number of likely N-dealkylation sites (tertiary alicyclic amines) is 2. The molecule has 0 aliphatic carbocycles. The molecule has 29 heavy (non-hydrogen) atoms. The number of nitrogens with two attached hydrogens (primary N) is 2. The van der Waals surface area contributed by atoms with E-state index >= 15 is 0 Å². The SMILES string of the molecule is NC(Cc1ccccc1)(CC(N)(N1C(=O)CCC1=O)N1C(=O)CCC1=O)C(=O)O. The van der Waals surface area contributed by atoms with Crippen LogP contribution in [0.15, 0.2) is 30.3 Å². The molecule has 2 aliphatic rings. The van der Waals surface area contributed by atoms with Gasteiger partial charge < -0.3 is 10.8 Å². The van der Waals surface area contributed by atoms with Gasteiger partial charge in [-0.25, -0.2) is 9.80 Å². The molecule has 10 nitrogen and oxygen atoms in total. The van der Waals surface area contributed by atoms with Crippen molar-refractivity contribution in [2.75, 3.05) is 0 Å². The number of amides is 4. The Hall–Kier alpha value is -3.11. The highest BCUT2D eigenvalue weighted by atomic mass is 16.4. The summed E-state index contributed by atoms with van der Waals surface area (Å²) in [6.07, 6.45) is -1.45. The number of hydrogen-bond acceptors (Lipinski definition) is 7. The maximum Gasteiger partial charge on any atom is 0.324 e. The molecule has 1 aromatic rings. The Morgan fingerprint density at radius 1 is 0.862 bits per heavy atom. The number of carbonyl (C=O) groups is 5. The molecule has 2 fully saturated rings. The van der Waals surface area contributed by atoms with Gasteiger partial charge >= 0.3 is 5.97 Å². The standard InChI is InChI=1S/C19H22N4O6/c20-18(17(28)29,10-12-4-2-1-3-5-12)11-19(21,22-13(24)6-7-14(22)25)23-15(26)8-9-16(23)27/h1-5H,6-11,20-21H2,(H,28,29). The van der Waals surface area contributed by atoms with Crippen LogP contribution in [0, 0.1) is 0 Å². The molecule has 1 aromatic carbocycles. The first-order chi connectivity index (χ1) is 13.6. The molecule has 2 aliphatic heterocycles. The monoisotopic (exact) mass is 402 g/mol. The highest BCUT2D eigenvalue weighted by Crippen LogP contribution is 2.34. The van der Waals surface area contributed by atoms with Crippen molar-refractivity contribution in [1.82, 2.24) is 9.80 Å². The Kier molecular flexibility index (Phi) is 5.24. The molecule has 154 valence electrons. The summed E-state index contributed by atoms with van der Waals surface area (Å²) >= 11 is 0. The number of aliphatic carboxylic acids is 1. The van der Waals surface area contributed by atoms with Gasteiger partial charge in [-0.05, 0) is 5.56 Å². The third-order valence-electron chi connectivity index (χ3n) is 5.24. The first-order valence-electron chi connectivity index (χ1n) is 9.15. The second kappa shape index (κ2) is 7.37. The number of carboxylic acids is 1. The van der Waals surface area contributed by atoms with E-state index in [1.54, 1.807) is 30.3 Å². The van der Waals surface area contributed by atoms with Gasteiger partial charge in [0, 0.05) is 38.5 Å². The predicted molar refractivity (Wildman–Crippen MR) is 98.4 cm³/mol. The van der Waals surface area contributed by atoms with E-state index in [0.29, 0.717) is 15.4 Å². The summed E-state index contributed by atoms with van der Waals surface area (Å²) < 4.78 is 0. The van der Waals surface area contributed by atoms with Gasteiger partial charge in [-0.2, -0.15) is 0 Å². The van der Waals surface area contributed by atoms with Crippen LogP contribution in [0.3, 0.4) is 0 Å². The highest BCUT2D eigenvalue weighted by molar-refractivity contribution is 6.07. The van der Waals surface area contributed by atoms with E-state index in [4.69, 9.17) is 11.5 Å². The molecule has 0 bridgehead atoms. The van der Waals surface area contributed by atoms with E-state index in [-0.39, 0.29) is 32.1 Å². The molecular formula is C19H22N4O6. The van der Waals surface area contributed by atoms with Gasteiger partial charge in [0.1, 0.15) is 5.54 Å². The van der Waals surface area contributed by atoms with Crippen molar-refractivity contribution in [2.24, 2.45) is 11.5 Å². The zero-order valence-corrected chi connectivity index (χ0v) is 15.7. The van der Waals surface area contributed by atoms with Gasteiger partial charge in [0.25, 0.3) is 0 Å². The molecule has 5 N–H and O–H groups in total. The average molecular weight is 402 g/mol. The molecule has 1 unspecified atom stereocenters. The molecule has 0 radical (unpaired) electrons. The molecule has 0 saturated carbocycles. The van der Waals surface area contributed by atoms with Crippen LogP contribution in [-0.4, -0.2) is 55.8 Å². The summed E-state index contributed by atoms with van der Waals surface area (Å²) in [6.45, 7) is 0. The fourth-order valence-corrected chi connectivity index (χ4v) is 3.91. The smallest absolute Gasteiger partial charge is 0.324 e. The van der Waals surface area contributed by atoms with Crippen LogP contribution in [0.5, 0.6) is 0 Å². The maximum absolute atomic E-state index is 12.4. The Labute approximate surface area is 166 Å². The van der Waals surface area contributed by atoms with Crippen molar-refractivity contribution >= 4 is 29.6 Å². The van der Waals surface area contributed by atoms with Crippen LogP contribution in [0.4, 0.5) is 0 Å². The molecular weight excluding hydrogens is 380 g/mol. The second-order valence-electron chi connectivity index (χ2n) is 7.42. The van der Waals surface area contributed by atoms with Crippen molar-refractivity contribution in [3.8, 4) is 0 Å². The zero-order chi connectivity index (χ0) is 21.4. The van der Waals surface area contributed by atoms with Gasteiger partial charge in [0.05, 0.1) is 0 Å². The fourth-order valence-electron chi connectivity index (χ4n) is 3.91. The van der Waals surface area contributed by atoms with Crippen molar-refractivity contribution in [2.45, 2.75) is 49.9 Å². The van der Waals surface area contributed by atoms with Crippen LogP contribution < -0.4 is 11.5 Å². The summed E-state index contributed by atoms with van der Waals surface area (Å²) in [7, 11) is 0. The first kappa shape index (κ1) is 20.6. The van der Waals surface area contributed by atoms with Crippen molar-refractivity contribution in [3.05, 3.63) is 35.9 Å². The lowest BCUT2D eigenvalue weighted by atomic mass is 9.84. The van der Waals surface area contributed by atoms with Crippen LogP contribution in [0.2, 0.25) is 0 Å². The number of imide groups is 2. The van der Waals surface area contributed by atoms with Gasteiger partial charge in [0.2, 0.25) is 23.6 Å². The maximum atomic E-state index is 12.4. The largest absolute Gasteiger partial charge is 0.480 e. The summed E-state index contributed by atoms with van der Waals surface area (Å²) in [5.74, 6) is -6.46. The topological polar surface area (TPSA) is 164 Å². The number of rotatable bonds is 7. The first-order valence-corrected chi connectivity index (χ1v) is 9.15. The summed E-state index contributed by atoms with van der Waals surface area (Å²) in [4.78, 5) is 63.0. The molecule has 1 atom stereocenters. The zero-order valence-electron chi connectivity index (χ0n) is 15.7.